The average molecular weight is 124 g/mol. The van der Waals surface area contributed by atoms with E-state index in [4.69, 9.17) is 0 Å². The lowest BCUT2D eigenvalue weighted by molar-refractivity contribution is 0.412. The molecule has 0 radical (unpaired) electrons. The summed E-state index contributed by atoms with van der Waals surface area (Å²) in [6.07, 6.45) is 5.32. The number of fused-ring (bicyclic) bond motifs is 1. The summed E-state index contributed by atoms with van der Waals surface area (Å²) in [6.45, 7) is 2.70. The smallest absolute Gasteiger partial charge is 0.0922 e. The Balaban J connectivity index is 1.73. The van der Waals surface area contributed by atoms with Gasteiger partial charge < -0.3 is 0 Å². The molecule has 3 rings (SSSR count). The van der Waals surface area contributed by atoms with Gasteiger partial charge in [0.25, 0.3) is 0 Å². The Bertz CT molecular complexity index is 132. The van der Waals surface area contributed by atoms with Crippen molar-refractivity contribution in [2.45, 2.75) is 25.4 Å². The predicted molar refractivity (Wildman–Crippen MR) is 34.5 cm³/mol. The largest absolute Gasteiger partial charge is 0.221 e. The number of rotatable bonds is 1. The zero-order chi connectivity index (χ0) is 5.84. The standard InChI is InChI=1S/C7H12N2/c1-4-8-7(6-2-3-6)9(8)5-1/h6-7H,1-5H2. The minimum atomic E-state index is 0.916. The minimum Gasteiger partial charge on any atom is -0.221 e. The van der Waals surface area contributed by atoms with Crippen LogP contribution in [0.4, 0.5) is 0 Å². The molecule has 2 heteroatoms. The van der Waals surface area contributed by atoms with E-state index in [1.54, 1.807) is 0 Å². The summed E-state index contributed by atoms with van der Waals surface area (Å²) in [4.78, 5) is 0. The van der Waals surface area contributed by atoms with Crippen LogP contribution in [0.2, 0.25) is 0 Å². The fourth-order valence-electron chi connectivity index (χ4n) is 2.06. The van der Waals surface area contributed by atoms with Gasteiger partial charge in [-0.05, 0) is 25.2 Å². The molecule has 2 heterocycles. The number of hydrogen-bond acceptors (Lipinski definition) is 2. The molecule has 0 aromatic heterocycles. The zero-order valence-corrected chi connectivity index (χ0v) is 5.58. The third-order valence-electron chi connectivity index (χ3n) is 2.70. The second-order valence-electron chi connectivity index (χ2n) is 3.43. The lowest BCUT2D eigenvalue weighted by atomic mass is 10.3. The van der Waals surface area contributed by atoms with Crippen molar-refractivity contribution in [3.05, 3.63) is 0 Å². The van der Waals surface area contributed by atoms with Crippen molar-refractivity contribution in [1.29, 1.82) is 0 Å². The Morgan fingerprint density at radius 1 is 1.00 bits per heavy atom. The Kier molecular flexibility index (Phi) is 0.691. The summed E-state index contributed by atoms with van der Waals surface area (Å²) >= 11 is 0. The molecular formula is C7H12N2. The van der Waals surface area contributed by atoms with Crippen LogP contribution in [0.1, 0.15) is 19.3 Å². The van der Waals surface area contributed by atoms with E-state index >= 15 is 0 Å². The highest BCUT2D eigenvalue weighted by atomic mass is 15.9. The van der Waals surface area contributed by atoms with Crippen molar-refractivity contribution in [2.75, 3.05) is 13.1 Å². The second kappa shape index (κ2) is 1.32. The van der Waals surface area contributed by atoms with Gasteiger partial charge in [-0.2, -0.15) is 0 Å². The van der Waals surface area contributed by atoms with E-state index in [0.717, 1.165) is 12.1 Å². The molecule has 3 fully saturated rings. The number of hydrogen-bond donors (Lipinski definition) is 0. The molecule has 1 saturated carbocycles. The van der Waals surface area contributed by atoms with E-state index in [2.05, 4.69) is 10.0 Å². The van der Waals surface area contributed by atoms with Gasteiger partial charge >= 0.3 is 0 Å². The molecule has 3 aliphatic rings. The fourth-order valence-corrected chi connectivity index (χ4v) is 2.06. The third-order valence-corrected chi connectivity index (χ3v) is 2.70. The summed E-state index contributed by atoms with van der Waals surface area (Å²) in [5.74, 6) is 1.07. The van der Waals surface area contributed by atoms with Crippen molar-refractivity contribution in [3.8, 4) is 0 Å². The summed E-state index contributed by atoms with van der Waals surface area (Å²) in [7, 11) is 0. The summed E-state index contributed by atoms with van der Waals surface area (Å²) < 4.78 is 0. The van der Waals surface area contributed by atoms with Gasteiger partial charge in [0.05, 0.1) is 6.17 Å². The Morgan fingerprint density at radius 3 is 2.22 bits per heavy atom. The maximum absolute atomic E-state index is 2.54. The molecule has 0 bridgehead atoms. The van der Waals surface area contributed by atoms with Crippen LogP contribution in [0.3, 0.4) is 0 Å². The first-order valence-electron chi connectivity index (χ1n) is 4.00. The molecule has 50 valence electrons. The van der Waals surface area contributed by atoms with Crippen LogP contribution in [-0.2, 0) is 0 Å². The van der Waals surface area contributed by atoms with Crippen molar-refractivity contribution >= 4 is 0 Å². The van der Waals surface area contributed by atoms with Crippen molar-refractivity contribution in [3.63, 3.8) is 0 Å². The van der Waals surface area contributed by atoms with Crippen molar-refractivity contribution < 1.29 is 0 Å². The highest BCUT2D eigenvalue weighted by molar-refractivity contribution is 4.98. The first-order chi connectivity index (χ1) is 4.47. The van der Waals surface area contributed by atoms with E-state index in [1.807, 2.05) is 0 Å². The molecule has 0 amide bonds. The van der Waals surface area contributed by atoms with Crippen LogP contribution >= 0.6 is 0 Å². The first-order valence-corrected chi connectivity index (χ1v) is 4.00. The Morgan fingerprint density at radius 2 is 1.67 bits per heavy atom. The van der Waals surface area contributed by atoms with Crippen LogP contribution in [0.15, 0.2) is 0 Å². The maximum atomic E-state index is 2.54. The highest BCUT2D eigenvalue weighted by Gasteiger charge is 2.55. The second-order valence-corrected chi connectivity index (χ2v) is 3.43. The van der Waals surface area contributed by atoms with Crippen LogP contribution in [0.5, 0.6) is 0 Å². The van der Waals surface area contributed by atoms with Crippen molar-refractivity contribution in [1.82, 2.24) is 10.0 Å². The van der Waals surface area contributed by atoms with E-state index in [9.17, 15) is 0 Å². The Labute approximate surface area is 55.4 Å². The first kappa shape index (κ1) is 4.69. The summed E-state index contributed by atoms with van der Waals surface area (Å²) in [5, 5.41) is 5.08. The quantitative estimate of drug-likeness (QED) is 0.473. The van der Waals surface area contributed by atoms with Crippen LogP contribution < -0.4 is 0 Å². The van der Waals surface area contributed by atoms with Crippen LogP contribution in [0.25, 0.3) is 0 Å². The van der Waals surface area contributed by atoms with Gasteiger partial charge in [-0.15, -0.1) is 0 Å². The molecule has 0 aromatic carbocycles. The lowest BCUT2D eigenvalue weighted by Gasteiger charge is -1.94. The van der Waals surface area contributed by atoms with E-state index < -0.39 is 0 Å². The summed E-state index contributed by atoms with van der Waals surface area (Å²) in [5.41, 5.74) is 0. The molecule has 2 nitrogen and oxygen atoms in total. The van der Waals surface area contributed by atoms with Crippen LogP contribution in [0, 0.1) is 5.92 Å². The normalized spacial score (nSPS) is 55.3. The summed E-state index contributed by atoms with van der Waals surface area (Å²) in [6, 6.07) is 0. The molecule has 2 saturated heterocycles. The number of hydrazine groups is 1. The lowest BCUT2D eigenvalue weighted by Crippen LogP contribution is -2.07. The fraction of sp³-hybridized carbons (Fsp3) is 1.00. The van der Waals surface area contributed by atoms with Crippen LogP contribution in [-0.4, -0.2) is 29.3 Å². The van der Waals surface area contributed by atoms with E-state index in [1.165, 1.54) is 32.4 Å². The molecule has 0 N–H and O–H groups in total. The van der Waals surface area contributed by atoms with Gasteiger partial charge in [0, 0.05) is 13.1 Å². The minimum absolute atomic E-state index is 0.916. The maximum Gasteiger partial charge on any atom is 0.0922 e. The average Bonchev–Trinajstić information content (AvgIpc) is 2.71. The highest BCUT2D eigenvalue weighted by Crippen LogP contribution is 2.47. The van der Waals surface area contributed by atoms with Crippen molar-refractivity contribution in [2.24, 2.45) is 5.92 Å². The zero-order valence-electron chi connectivity index (χ0n) is 5.58. The van der Waals surface area contributed by atoms with Gasteiger partial charge in [-0.25, -0.2) is 10.0 Å². The monoisotopic (exact) mass is 124 g/mol. The molecular weight excluding hydrogens is 112 g/mol. The van der Waals surface area contributed by atoms with Gasteiger partial charge in [-0.1, -0.05) is 0 Å². The molecule has 1 aliphatic carbocycles. The molecule has 0 spiro atoms. The molecule has 0 aromatic rings. The van der Waals surface area contributed by atoms with Gasteiger partial charge in [0.1, 0.15) is 0 Å². The number of nitrogens with zero attached hydrogens (tertiary/aromatic N) is 2. The molecule has 2 aliphatic heterocycles. The SMILES string of the molecule is C1CN2C(C3CC3)N2C1. The Hall–Kier alpha value is -0.0800. The molecule has 9 heavy (non-hydrogen) atoms. The van der Waals surface area contributed by atoms with E-state index in [0.29, 0.717) is 0 Å². The molecule has 2 atom stereocenters. The van der Waals surface area contributed by atoms with Gasteiger partial charge in [0.15, 0.2) is 0 Å². The predicted octanol–water partition coefficient (Wildman–Crippen LogP) is 0.659. The molecule has 2 unspecified atom stereocenters. The van der Waals surface area contributed by atoms with Gasteiger partial charge in [-0.3, -0.25) is 0 Å². The van der Waals surface area contributed by atoms with E-state index in [-0.39, 0.29) is 0 Å². The third kappa shape index (κ3) is 0.528. The topological polar surface area (TPSA) is 6.02 Å². The van der Waals surface area contributed by atoms with Gasteiger partial charge in [0.2, 0.25) is 0 Å².